The minimum Gasteiger partial charge on any atom is -0.454 e. The Morgan fingerprint density at radius 3 is 2.07 bits per heavy atom. The van der Waals surface area contributed by atoms with Crippen molar-refractivity contribution in [3.05, 3.63) is 60.2 Å². The quantitative estimate of drug-likeness (QED) is 0.488. The van der Waals surface area contributed by atoms with Gasteiger partial charge < -0.3 is 25.8 Å². The summed E-state index contributed by atoms with van der Waals surface area (Å²) < 4.78 is 4.86. The van der Waals surface area contributed by atoms with E-state index in [0.717, 1.165) is 0 Å². The standard InChI is InChI=1S/C20H21N3O6/c1-13(25)21-15-7-9-16(10-8-15)22-18(26)12-29-20(28)17(11-24)23-19(27)14-5-3-2-4-6-14/h2-10,17,24H,11-12H2,1H3,(H,21,25)(H,22,26)(H,23,27). The maximum absolute atomic E-state index is 12.1. The van der Waals surface area contributed by atoms with Crippen LogP contribution < -0.4 is 16.0 Å². The number of rotatable bonds is 8. The Bertz CT molecular complexity index is 868. The molecule has 0 spiro atoms. The van der Waals surface area contributed by atoms with Gasteiger partial charge in [0.15, 0.2) is 12.6 Å². The van der Waals surface area contributed by atoms with Gasteiger partial charge in [0.2, 0.25) is 5.91 Å². The molecule has 29 heavy (non-hydrogen) atoms. The average molecular weight is 399 g/mol. The second kappa shape index (κ2) is 10.6. The van der Waals surface area contributed by atoms with Crippen molar-refractivity contribution in [2.75, 3.05) is 23.8 Å². The third kappa shape index (κ3) is 7.07. The number of aliphatic hydroxyl groups excluding tert-OH is 1. The molecule has 0 aliphatic rings. The summed E-state index contributed by atoms with van der Waals surface area (Å²) in [7, 11) is 0. The van der Waals surface area contributed by atoms with Crippen LogP contribution in [-0.2, 0) is 19.1 Å². The first-order valence-electron chi connectivity index (χ1n) is 8.70. The van der Waals surface area contributed by atoms with Crippen molar-refractivity contribution in [1.82, 2.24) is 5.32 Å². The number of hydrogen-bond donors (Lipinski definition) is 4. The molecule has 0 saturated heterocycles. The summed E-state index contributed by atoms with van der Waals surface area (Å²) in [5.74, 6) is -2.30. The lowest BCUT2D eigenvalue weighted by molar-refractivity contribution is -0.150. The lowest BCUT2D eigenvalue weighted by Gasteiger charge is -2.15. The number of anilines is 2. The van der Waals surface area contributed by atoms with Gasteiger partial charge in [0.05, 0.1) is 6.61 Å². The van der Waals surface area contributed by atoms with Crippen LogP contribution in [0.1, 0.15) is 17.3 Å². The summed E-state index contributed by atoms with van der Waals surface area (Å²) >= 11 is 0. The zero-order valence-electron chi connectivity index (χ0n) is 15.7. The van der Waals surface area contributed by atoms with E-state index >= 15 is 0 Å². The summed E-state index contributed by atoms with van der Waals surface area (Å²) in [6.45, 7) is 0.111. The third-order valence-corrected chi connectivity index (χ3v) is 3.64. The molecular weight excluding hydrogens is 378 g/mol. The monoisotopic (exact) mass is 399 g/mol. The minimum atomic E-state index is -1.30. The topological polar surface area (TPSA) is 134 Å². The Balaban J connectivity index is 1.82. The number of carbonyl (C=O) groups excluding carboxylic acids is 4. The molecule has 9 heteroatoms. The van der Waals surface area contributed by atoms with E-state index < -0.39 is 37.0 Å². The highest BCUT2D eigenvalue weighted by Crippen LogP contribution is 2.13. The van der Waals surface area contributed by atoms with Gasteiger partial charge in [0.1, 0.15) is 0 Å². The molecule has 0 aliphatic heterocycles. The number of nitrogens with one attached hydrogen (secondary N) is 3. The Kier molecular flexibility index (Phi) is 7.87. The smallest absolute Gasteiger partial charge is 0.331 e. The van der Waals surface area contributed by atoms with Crippen LogP contribution >= 0.6 is 0 Å². The summed E-state index contributed by atoms with van der Waals surface area (Å²) in [6, 6.07) is 13.2. The summed E-state index contributed by atoms with van der Waals surface area (Å²) in [5, 5.41) is 16.8. The van der Waals surface area contributed by atoms with Gasteiger partial charge in [-0.3, -0.25) is 14.4 Å². The van der Waals surface area contributed by atoms with E-state index in [1.54, 1.807) is 54.6 Å². The summed E-state index contributed by atoms with van der Waals surface area (Å²) in [6.07, 6.45) is 0. The predicted molar refractivity (Wildman–Crippen MR) is 105 cm³/mol. The van der Waals surface area contributed by atoms with Crippen LogP contribution in [0.2, 0.25) is 0 Å². The zero-order valence-corrected chi connectivity index (χ0v) is 15.7. The van der Waals surface area contributed by atoms with Crippen LogP contribution in [0.25, 0.3) is 0 Å². The fourth-order valence-corrected chi connectivity index (χ4v) is 2.28. The van der Waals surface area contributed by atoms with Crippen molar-refractivity contribution in [2.24, 2.45) is 0 Å². The molecule has 0 heterocycles. The lowest BCUT2D eigenvalue weighted by Crippen LogP contribution is -2.45. The van der Waals surface area contributed by atoms with E-state index in [-0.39, 0.29) is 5.91 Å². The Morgan fingerprint density at radius 2 is 1.52 bits per heavy atom. The predicted octanol–water partition coefficient (Wildman–Crippen LogP) is 0.918. The van der Waals surface area contributed by atoms with Crippen LogP contribution in [0.4, 0.5) is 11.4 Å². The molecule has 0 fully saturated rings. The molecule has 0 radical (unpaired) electrons. The van der Waals surface area contributed by atoms with Gasteiger partial charge in [-0.2, -0.15) is 0 Å². The molecule has 0 bridgehead atoms. The highest BCUT2D eigenvalue weighted by Gasteiger charge is 2.23. The number of benzene rings is 2. The first kappa shape index (κ1) is 21.6. The van der Waals surface area contributed by atoms with Gasteiger partial charge in [0, 0.05) is 23.9 Å². The van der Waals surface area contributed by atoms with Gasteiger partial charge in [-0.05, 0) is 36.4 Å². The fraction of sp³-hybridized carbons (Fsp3) is 0.200. The van der Waals surface area contributed by atoms with E-state index in [0.29, 0.717) is 16.9 Å². The lowest BCUT2D eigenvalue weighted by atomic mass is 10.2. The Morgan fingerprint density at radius 1 is 0.931 bits per heavy atom. The normalized spacial score (nSPS) is 11.1. The molecule has 152 valence electrons. The largest absolute Gasteiger partial charge is 0.454 e. The maximum Gasteiger partial charge on any atom is 0.331 e. The van der Waals surface area contributed by atoms with E-state index in [2.05, 4.69) is 16.0 Å². The maximum atomic E-state index is 12.1. The van der Waals surface area contributed by atoms with Crippen molar-refractivity contribution >= 4 is 35.1 Å². The molecule has 0 aromatic heterocycles. The van der Waals surface area contributed by atoms with E-state index in [4.69, 9.17) is 4.74 Å². The highest BCUT2D eigenvalue weighted by molar-refractivity contribution is 5.97. The number of hydrogen-bond acceptors (Lipinski definition) is 6. The number of esters is 1. The molecule has 4 N–H and O–H groups in total. The van der Waals surface area contributed by atoms with Crippen LogP contribution in [0.3, 0.4) is 0 Å². The van der Waals surface area contributed by atoms with Crippen LogP contribution in [-0.4, -0.2) is 48.1 Å². The van der Waals surface area contributed by atoms with Crippen molar-refractivity contribution in [2.45, 2.75) is 13.0 Å². The molecule has 0 saturated carbocycles. The highest BCUT2D eigenvalue weighted by atomic mass is 16.5. The van der Waals surface area contributed by atoms with E-state index in [1.165, 1.54) is 6.92 Å². The third-order valence-electron chi connectivity index (χ3n) is 3.64. The molecule has 1 unspecified atom stereocenters. The first-order chi connectivity index (χ1) is 13.9. The van der Waals surface area contributed by atoms with Crippen molar-refractivity contribution in [1.29, 1.82) is 0 Å². The van der Waals surface area contributed by atoms with Gasteiger partial charge in [-0.25, -0.2) is 4.79 Å². The molecule has 0 aliphatic carbocycles. The second-order valence-corrected chi connectivity index (χ2v) is 5.99. The zero-order chi connectivity index (χ0) is 21.2. The number of amides is 3. The van der Waals surface area contributed by atoms with Gasteiger partial charge in [-0.1, -0.05) is 18.2 Å². The molecular formula is C20H21N3O6. The summed E-state index contributed by atoms with van der Waals surface area (Å²) in [4.78, 5) is 47.0. The van der Waals surface area contributed by atoms with E-state index in [9.17, 15) is 24.3 Å². The average Bonchev–Trinajstić information content (AvgIpc) is 2.71. The van der Waals surface area contributed by atoms with Crippen molar-refractivity contribution < 1.29 is 29.0 Å². The van der Waals surface area contributed by atoms with Crippen molar-refractivity contribution in [3.8, 4) is 0 Å². The summed E-state index contributed by atoms with van der Waals surface area (Å²) in [5.41, 5.74) is 1.33. The van der Waals surface area contributed by atoms with Gasteiger partial charge in [0.25, 0.3) is 11.8 Å². The number of carbonyl (C=O) groups is 4. The minimum absolute atomic E-state index is 0.216. The molecule has 2 aromatic rings. The van der Waals surface area contributed by atoms with E-state index in [1.807, 2.05) is 0 Å². The molecule has 2 aromatic carbocycles. The Hall–Kier alpha value is -3.72. The second-order valence-electron chi connectivity index (χ2n) is 5.99. The fourth-order valence-electron chi connectivity index (χ4n) is 2.28. The van der Waals surface area contributed by atoms with Crippen LogP contribution in [0.15, 0.2) is 54.6 Å². The molecule has 3 amide bonds. The van der Waals surface area contributed by atoms with Gasteiger partial charge in [-0.15, -0.1) is 0 Å². The van der Waals surface area contributed by atoms with Crippen LogP contribution in [0, 0.1) is 0 Å². The van der Waals surface area contributed by atoms with Crippen LogP contribution in [0.5, 0.6) is 0 Å². The molecule has 2 rings (SSSR count). The van der Waals surface area contributed by atoms with Crippen molar-refractivity contribution in [3.63, 3.8) is 0 Å². The Labute approximate surface area is 167 Å². The first-order valence-corrected chi connectivity index (χ1v) is 8.70. The van der Waals surface area contributed by atoms with Gasteiger partial charge >= 0.3 is 5.97 Å². The number of ether oxygens (including phenoxy) is 1. The SMILES string of the molecule is CC(=O)Nc1ccc(NC(=O)COC(=O)C(CO)NC(=O)c2ccccc2)cc1. The number of aliphatic hydroxyl groups is 1. The molecule has 1 atom stereocenters. The molecule has 9 nitrogen and oxygen atoms in total.